The molecule has 0 bridgehead atoms. The summed E-state index contributed by atoms with van der Waals surface area (Å²) in [6, 6.07) is 17.7. The lowest BCUT2D eigenvalue weighted by Crippen LogP contribution is -2.29. The summed E-state index contributed by atoms with van der Waals surface area (Å²) in [5.74, 6) is 7.33. The number of nitrogens with one attached hydrogen (secondary N) is 1. The molecule has 2 aromatic rings. The molecule has 0 radical (unpaired) electrons. The summed E-state index contributed by atoms with van der Waals surface area (Å²) in [4.78, 5) is 0. The standard InChI is InChI=1S/C16H20N2O2/c1-19-14-9-7-13(8-10-14)16(18-17)11-12-20-15-5-3-2-4-6-15/h2-10,16,18H,11-12,17H2,1H3. The Kier molecular flexibility index (Phi) is 5.41. The highest BCUT2D eigenvalue weighted by atomic mass is 16.5. The predicted molar refractivity (Wildman–Crippen MR) is 79.6 cm³/mol. The highest BCUT2D eigenvalue weighted by Crippen LogP contribution is 2.20. The SMILES string of the molecule is COc1ccc(C(CCOc2ccccc2)NN)cc1. The van der Waals surface area contributed by atoms with Crippen molar-refractivity contribution in [3.8, 4) is 11.5 Å². The molecule has 4 nitrogen and oxygen atoms in total. The molecule has 0 aliphatic heterocycles. The van der Waals surface area contributed by atoms with Gasteiger partial charge in [0.25, 0.3) is 0 Å². The summed E-state index contributed by atoms with van der Waals surface area (Å²) in [5, 5.41) is 0. The van der Waals surface area contributed by atoms with E-state index in [0.717, 1.165) is 23.5 Å². The fourth-order valence-corrected chi connectivity index (χ4v) is 1.99. The van der Waals surface area contributed by atoms with Gasteiger partial charge in [-0.2, -0.15) is 0 Å². The molecule has 0 amide bonds. The topological polar surface area (TPSA) is 56.5 Å². The molecule has 1 unspecified atom stereocenters. The van der Waals surface area contributed by atoms with Crippen molar-refractivity contribution in [2.24, 2.45) is 5.84 Å². The molecule has 0 aliphatic carbocycles. The molecular weight excluding hydrogens is 252 g/mol. The van der Waals surface area contributed by atoms with Gasteiger partial charge >= 0.3 is 0 Å². The van der Waals surface area contributed by atoms with Crippen molar-refractivity contribution in [2.75, 3.05) is 13.7 Å². The molecule has 20 heavy (non-hydrogen) atoms. The number of para-hydroxylation sites is 1. The Hall–Kier alpha value is -2.04. The van der Waals surface area contributed by atoms with E-state index in [1.165, 1.54) is 0 Å². The van der Waals surface area contributed by atoms with Crippen LogP contribution in [0.4, 0.5) is 0 Å². The van der Waals surface area contributed by atoms with Crippen LogP contribution in [0.5, 0.6) is 11.5 Å². The second-order valence-corrected chi connectivity index (χ2v) is 4.44. The Bertz CT molecular complexity index is 500. The van der Waals surface area contributed by atoms with Crippen LogP contribution in [0.2, 0.25) is 0 Å². The van der Waals surface area contributed by atoms with Gasteiger partial charge in [0.2, 0.25) is 0 Å². The fourth-order valence-electron chi connectivity index (χ4n) is 1.99. The zero-order valence-electron chi connectivity index (χ0n) is 11.6. The summed E-state index contributed by atoms with van der Waals surface area (Å²) >= 11 is 0. The minimum atomic E-state index is 0.0598. The number of ether oxygens (including phenoxy) is 2. The smallest absolute Gasteiger partial charge is 0.119 e. The van der Waals surface area contributed by atoms with Crippen molar-refractivity contribution < 1.29 is 9.47 Å². The lowest BCUT2D eigenvalue weighted by atomic mass is 10.0. The van der Waals surface area contributed by atoms with E-state index in [0.29, 0.717) is 6.61 Å². The molecule has 0 aliphatic rings. The number of hydrazine groups is 1. The van der Waals surface area contributed by atoms with Crippen molar-refractivity contribution in [1.82, 2.24) is 5.43 Å². The van der Waals surface area contributed by atoms with E-state index in [1.54, 1.807) is 7.11 Å². The third kappa shape index (κ3) is 3.98. The molecule has 0 aromatic heterocycles. The second-order valence-electron chi connectivity index (χ2n) is 4.44. The van der Waals surface area contributed by atoms with Gasteiger partial charge in [0.1, 0.15) is 11.5 Å². The summed E-state index contributed by atoms with van der Waals surface area (Å²) in [5.41, 5.74) is 3.94. The molecule has 4 heteroatoms. The number of hydrogen-bond acceptors (Lipinski definition) is 4. The summed E-state index contributed by atoms with van der Waals surface area (Å²) in [6.07, 6.45) is 0.789. The minimum Gasteiger partial charge on any atom is -0.497 e. The molecule has 0 saturated carbocycles. The molecule has 0 saturated heterocycles. The first-order valence-corrected chi connectivity index (χ1v) is 6.61. The number of hydrogen-bond donors (Lipinski definition) is 2. The highest BCUT2D eigenvalue weighted by molar-refractivity contribution is 5.29. The van der Waals surface area contributed by atoms with Gasteiger partial charge < -0.3 is 9.47 Å². The monoisotopic (exact) mass is 272 g/mol. The molecule has 1 atom stereocenters. The van der Waals surface area contributed by atoms with Crippen LogP contribution in [0.25, 0.3) is 0 Å². The molecule has 0 heterocycles. The van der Waals surface area contributed by atoms with Crippen LogP contribution in [0.1, 0.15) is 18.0 Å². The van der Waals surface area contributed by atoms with E-state index in [9.17, 15) is 0 Å². The molecule has 2 aromatic carbocycles. The maximum absolute atomic E-state index is 5.68. The molecular formula is C16H20N2O2. The van der Waals surface area contributed by atoms with Gasteiger partial charge in [0, 0.05) is 12.5 Å². The van der Waals surface area contributed by atoms with Crippen LogP contribution in [-0.4, -0.2) is 13.7 Å². The van der Waals surface area contributed by atoms with E-state index in [1.807, 2.05) is 54.6 Å². The summed E-state index contributed by atoms with van der Waals surface area (Å²) in [6.45, 7) is 0.602. The number of benzene rings is 2. The number of nitrogens with two attached hydrogens (primary N) is 1. The Labute approximate surface area is 119 Å². The predicted octanol–water partition coefficient (Wildman–Crippen LogP) is 2.67. The van der Waals surface area contributed by atoms with Crippen molar-refractivity contribution in [1.29, 1.82) is 0 Å². The third-order valence-electron chi connectivity index (χ3n) is 3.14. The molecule has 3 N–H and O–H groups in total. The fraction of sp³-hybridized carbons (Fsp3) is 0.250. The van der Waals surface area contributed by atoms with Gasteiger partial charge in [-0.3, -0.25) is 11.3 Å². The third-order valence-corrected chi connectivity index (χ3v) is 3.14. The van der Waals surface area contributed by atoms with Crippen LogP contribution in [0, 0.1) is 0 Å². The first-order chi connectivity index (χ1) is 9.83. The summed E-state index contributed by atoms with van der Waals surface area (Å²) < 4.78 is 10.8. The minimum absolute atomic E-state index is 0.0598. The van der Waals surface area contributed by atoms with Crippen molar-refractivity contribution in [2.45, 2.75) is 12.5 Å². The first-order valence-electron chi connectivity index (χ1n) is 6.61. The van der Waals surface area contributed by atoms with Gasteiger partial charge in [-0.05, 0) is 29.8 Å². The van der Waals surface area contributed by atoms with E-state index in [4.69, 9.17) is 15.3 Å². The second kappa shape index (κ2) is 7.53. The van der Waals surface area contributed by atoms with Crippen LogP contribution in [0.15, 0.2) is 54.6 Å². The molecule has 0 fully saturated rings. The van der Waals surface area contributed by atoms with E-state index in [2.05, 4.69) is 5.43 Å². The Morgan fingerprint density at radius 3 is 2.30 bits per heavy atom. The maximum Gasteiger partial charge on any atom is 0.119 e. The maximum atomic E-state index is 5.68. The van der Waals surface area contributed by atoms with Gasteiger partial charge in [0.15, 0.2) is 0 Å². The lowest BCUT2D eigenvalue weighted by Gasteiger charge is -2.17. The molecule has 2 rings (SSSR count). The van der Waals surface area contributed by atoms with Crippen molar-refractivity contribution in [3.05, 3.63) is 60.2 Å². The van der Waals surface area contributed by atoms with Gasteiger partial charge in [-0.15, -0.1) is 0 Å². The van der Waals surface area contributed by atoms with Crippen LogP contribution in [0.3, 0.4) is 0 Å². The average Bonchev–Trinajstić information content (AvgIpc) is 2.53. The average molecular weight is 272 g/mol. The Morgan fingerprint density at radius 1 is 1.00 bits per heavy atom. The van der Waals surface area contributed by atoms with Crippen LogP contribution < -0.4 is 20.7 Å². The first kappa shape index (κ1) is 14.4. The zero-order valence-corrected chi connectivity index (χ0v) is 11.6. The van der Waals surface area contributed by atoms with Crippen molar-refractivity contribution in [3.63, 3.8) is 0 Å². The quantitative estimate of drug-likeness (QED) is 0.601. The zero-order chi connectivity index (χ0) is 14.2. The van der Waals surface area contributed by atoms with Crippen LogP contribution in [-0.2, 0) is 0 Å². The summed E-state index contributed by atoms with van der Waals surface area (Å²) in [7, 11) is 1.65. The largest absolute Gasteiger partial charge is 0.497 e. The highest BCUT2D eigenvalue weighted by Gasteiger charge is 2.09. The number of rotatable bonds is 7. The molecule has 0 spiro atoms. The Balaban J connectivity index is 1.88. The van der Waals surface area contributed by atoms with E-state index >= 15 is 0 Å². The number of methoxy groups -OCH3 is 1. The van der Waals surface area contributed by atoms with Crippen LogP contribution >= 0.6 is 0 Å². The normalized spacial score (nSPS) is 11.9. The Morgan fingerprint density at radius 2 is 1.70 bits per heavy atom. The van der Waals surface area contributed by atoms with E-state index in [-0.39, 0.29) is 6.04 Å². The molecule has 106 valence electrons. The van der Waals surface area contributed by atoms with Gasteiger partial charge in [0.05, 0.1) is 13.7 Å². The lowest BCUT2D eigenvalue weighted by molar-refractivity contribution is 0.287. The van der Waals surface area contributed by atoms with E-state index < -0.39 is 0 Å². The van der Waals surface area contributed by atoms with Gasteiger partial charge in [-0.25, -0.2) is 0 Å². The van der Waals surface area contributed by atoms with Gasteiger partial charge in [-0.1, -0.05) is 30.3 Å². The van der Waals surface area contributed by atoms with Crippen molar-refractivity contribution >= 4 is 0 Å².